The third-order valence-electron chi connectivity index (χ3n) is 5.14. The van der Waals surface area contributed by atoms with Gasteiger partial charge in [-0.05, 0) is 18.2 Å². The van der Waals surface area contributed by atoms with E-state index in [9.17, 15) is 10.1 Å². The number of carbonyl (C=O) groups is 1. The molecule has 0 bridgehead atoms. The van der Waals surface area contributed by atoms with Gasteiger partial charge in [-0.2, -0.15) is 10.2 Å². The van der Waals surface area contributed by atoms with Crippen molar-refractivity contribution in [1.29, 1.82) is 5.26 Å². The SMILES string of the molecule is N#Cc1c(N)nc2c(c1N)C1C(=C(c3ccccc3)O2)C(=O)Oc2ccc(Br)cc21. The zero-order valence-electron chi connectivity index (χ0n) is 15.3. The number of hydrogen-bond acceptors (Lipinski definition) is 7. The fourth-order valence-electron chi connectivity index (χ4n) is 3.83. The number of aromatic nitrogens is 1. The topological polar surface area (TPSA) is 124 Å². The smallest absolute Gasteiger partial charge is 0.344 e. The number of fused-ring (bicyclic) bond motifs is 5. The van der Waals surface area contributed by atoms with E-state index in [1.54, 1.807) is 12.1 Å². The molecule has 3 heterocycles. The number of carbonyl (C=O) groups excluding carboxylic acids is 1. The van der Waals surface area contributed by atoms with E-state index in [2.05, 4.69) is 20.9 Å². The Bertz CT molecular complexity index is 1310. The number of halogens is 1. The summed E-state index contributed by atoms with van der Waals surface area (Å²) < 4.78 is 12.4. The van der Waals surface area contributed by atoms with Crippen LogP contribution in [0, 0.1) is 11.3 Å². The number of esters is 1. The van der Waals surface area contributed by atoms with Gasteiger partial charge in [0.25, 0.3) is 0 Å². The fourth-order valence-corrected chi connectivity index (χ4v) is 4.21. The number of nitrogens with zero attached hydrogens (tertiary/aromatic N) is 2. The van der Waals surface area contributed by atoms with E-state index in [0.29, 0.717) is 33.8 Å². The molecule has 1 unspecified atom stereocenters. The van der Waals surface area contributed by atoms with Crippen molar-refractivity contribution in [2.45, 2.75) is 5.92 Å². The van der Waals surface area contributed by atoms with E-state index in [4.69, 9.17) is 20.9 Å². The Morgan fingerprint density at radius 3 is 2.60 bits per heavy atom. The number of hydrogen-bond donors (Lipinski definition) is 2. The molecule has 0 fully saturated rings. The second-order valence-electron chi connectivity index (χ2n) is 6.83. The highest BCUT2D eigenvalue weighted by atomic mass is 79.9. The van der Waals surface area contributed by atoms with Crippen LogP contribution >= 0.6 is 15.9 Å². The minimum absolute atomic E-state index is 0.0301. The first-order chi connectivity index (χ1) is 14.5. The van der Waals surface area contributed by atoms with Crippen molar-refractivity contribution in [2.24, 2.45) is 0 Å². The van der Waals surface area contributed by atoms with Crippen LogP contribution in [0.3, 0.4) is 0 Å². The Morgan fingerprint density at radius 1 is 1.10 bits per heavy atom. The molecule has 0 amide bonds. The van der Waals surface area contributed by atoms with Gasteiger partial charge in [0.15, 0.2) is 0 Å². The van der Waals surface area contributed by atoms with Crippen LogP contribution in [-0.4, -0.2) is 11.0 Å². The van der Waals surface area contributed by atoms with Gasteiger partial charge < -0.3 is 20.9 Å². The Hall–Kier alpha value is -3.83. The molecule has 146 valence electrons. The number of pyridine rings is 1. The number of nitrogen functional groups attached to an aromatic ring is 2. The van der Waals surface area contributed by atoms with E-state index in [-0.39, 0.29) is 22.9 Å². The van der Waals surface area contributed by atoms with Crippen LogP contribution in [0.5, 0.6) is 11.6 Å². The van der Waals surface area contributed by atoms with E-state index in [0.717, 1.165) is 4.47 Å². The molecule has 0 radical (unpaired) electrons. The molecular formula is C22H13BrN4O3. The molecule has 1 aromatic heterocycles. The summed E-state index contributed by atoms with van der Waals surface area (Å²) in [4.78, 5) is 17.4. The summed E-state index contributed by atoms with van der Waals surface area (Å²) in [7, 11) is 0. The lowest BCUT2D eigenvalue weighted by Gasteiger charge is -2.34. The van der Waals surface area contributed by atoms with Crippen molar-refractivity contribution >= 4 is 39.2 Å². The van der Waals surface area contributed by atoms with Crippen LogP contribution < -0.4 is 20.9 Å². The predicted molar refractivity (Wildman–Crippen MR) is 113 cm³/mol. The normalized spacial score (nSPS) is 16.5. The molecule has 0 aliphatic carbocycles. The maximum Gasteiger partial charge on any atom is 0.344 e. The monoisotopic (exact) mass is 460 g/mol. The molecule has 3 aromatic rings. The standard InChI is InChI=1S/C22H13BrN4O3/c23-11-6-7-14-12(8-11)15-16-18(25)13(9-24)20(26)27-21(16)30-19(17(15)22(28)29-14)10-4-2-1-3-5-10/h1-8,15H,(H4,25,26,27). The third kappa shape index (κ3) is 2.56. The summed E-state index contributed by atoms with van der Waals surface area (Å²) in [5.41, 5.74) is 14.6. The highest BCUT2D eigenvalue weighted by Gasteiger charge is 2.44. The summed E-state index contributed by atoms with van der Waals surface area (Å²) in [6.45, 7) is 0. The fraction of sp³-hybridized carbons (Fsp3) is 0.0455. The van der Waals surface area contributed by atoms with Crippen LogP contribution in [0.25, 0.3) is 5.76 Å². The largest absolute Gasteiger partial charge is 0.437 e. The van der Waals surface area contributed by atoms with E-state index in [1.807, 2.05) is 42.5 Å². The molecule has 0 spiro atoms. The molecule has 7 nitrogen and oxygen atoms in total. The summed E-state index contributed by atoms with van der Waals surface area (Å²) in [6, 6.07) is 16.5. The van der Waals surface area contributed by atoms with E-state index < -0.39 is 11.9 Å². The van der Waals surface area contributed by atoms with Crippen LogP contribution in [0.1, 0.15) is 28.2 Å². The molecule has 5 rings (SSSR count). The zero-order chi connectivity index (χ0) is 21.0. The van der Waals surface area contributed by atoms with Crippen LogP contribution in [0.2, 0.25) is 0 Å². The Morgan fingerprint density at radius 2 is 1.87 bits per heavy atom. The number of nitriles is 1. The van der Waals surface area contributed by atoms with Gasteiger partial charge >= 0.3 is 5.97 Å². The molecule has 2 aliphatic rings. The maximum absolute atomic E-state index is 13.1. The Balaban J connectivity index is 1.89. The molecule has 30 heavy (non-hydrogen) atoms. The summed E-state index contributed by atoms with van der Waals surface area (Å²) >= 11 is 3.47. The van der Waals surface area contributed by atoms with Gasteiger partial charge in [0.2, 0.25) is 5.88 Å². The number of ether oxygens (including phenoxy) is 2. The molecule has 2 aromatic carbocycles. The summed E-state index contributed by atoms with van der Waals surface area (Å²) in [6.07, 6.45) is 0. The highest BCUT2D eigenvalue weighted by molar-refractivity contribution is 9.10. The van der Waals surface area contributed by atoms with Gasteiger partial charge in [-0.3, -0.25) is 0 Å². The zero-order valence-corrected chi connectivity index (χ0v) is 16.9. The van der Waals surface area contributed by atoms with Crippen molar-refractivity contribution in [3.8, 4) is 17.7 Å². The van der Waals surface area contributed by atoms with E-state index in [1.165, 1.54) is 0 Å². The first-order valence-corrected chi connectivity index (χ1v) is 9.77. The molecule has 0 saturated heterocycles. The minimum atomic E-state index is -0.627. The quantitative estimate of drug-likeness (QED) is 0.418. The van der Waals surface area contributed by atoms with Crippen molar-refractivity contribution in [3.05, 3.63) is 80.8 Å². The molecular weight excluding hydrogens is 448 g/mol. The lowest BCUT2D eigenvalue weighted by atomic mass is 9.79. The van der Waals surface area contributed by atoms with Crippen molar-refractivity contribution in [1.82, 2.24) is 4.98 Å². The number of benzene rings is 2. The lowest BCUT2D eigenvalue weighted by Crippen LogP contribution is -2.30. The summed E-state index contributed by atoms with van der Waals surface area (Å²) in [5, 5.41) is 9.52. The number of anilines is 2. The predicted octanol–water partition coefficient (Wildman–Crippen LogP) is 3.73. The van der Waals surface area contributed by atoms with Gasteiger partial charge in [-0.15, -0.1) is 0 Å². The molecule has 4 N–H and O–H groups in total. The number of nitrogens with two attached hydrogens (primary N) is 2. The van der Waals surface area contributed by atoms with E-state index >= 15 is 0 Å². The van der Waals surface area contributed by atoms with Crippen LogP contribution in [0.15, 0.2) is 58.6 Å². The lowest BCUT2D eigenvalue weighted by molar-refractivity contribution is -0.131. The van der Waals surface area contributed by atoms with Gasteiger partial charge in [-0.25, -0.2) is 4.79 Å². The van der Waals surface area contributed by atoms with Crippen molar-refractivity contribution < 1.29 is 14.3 Å². The first-order valence-electron chi connectivity index (χ1n) is 8.97. The Kier molecular flexibility index (Phi) is 4.01. The van der Waals surface area contributed by atoms with Crippen molar-refractivity contribution in [3.63, 3.8) is 0 Å². The molecule has 8 heteroatoms. The Labute approximate surface area is 179 Å². The highest BCUT2D eigenvalue weighted by Crippen LogP contribution is 2.53. The summed E-state index contributed by atoms with van der Waals surface area (Å²) in [5.74, 6) is -0.312. The third-order valence-corrected chi connectivity index (χ3v) is 5.64. The minimum Gasteiger partial charge on any atom is -0.437 e. The first kappa shape index (κ1) is 18.2. The molecule has 1 atom stereocenters. The van der Waals surface area contributed by atoms with Gasteiger partial charge in [0, 0.05) is 15.6 Å². The second-order valence-corrected chi connectivity index (χ2v) is 7.75. The van der Waals surface area contributed by atoms with Gasteiger partial charge in [0.05, 0.1) is 22.7 Å². The molecule has 2 aliphatic heterocycles. The van der Waals surface area contributed by atoms with Gasteiger partial charge in [-0.1, -0.05) is 46.3 Å². The number of rotatable bonds is 1. The molecule has 0 saturated carbocycles. The second kappa shape index (κ2) is 6.61. The van der Waals surface area contributed by atoms with Crippen molar-refractivity contribution in [2.75, 3.05) is 11.5 Å². The van der Waals surface area contributed by atoms with Gasteiger partial charge in [0.1, 0.15) is 29.0 Å². The van der Waals surface area contributed by atoms with Crippen LogP contribution in [0.4, 0.5) is 11.5 Å². The van der Waals surface area contributed by atoms with Crippen LogP contribution in [-0.2, 0) is 4.79 Å². The average Bonchev–Trinajstić information content (AvgIpc) is 2.74. The maximum atomic E-state index is 13.1. The average molecular weight is 461 g/mol.